The monoisotopic (exact) mass is 198 g/mol. The Morgan fingerprint density at radius 3 is 2.36 bits per heavy atom. The second-order valence-corrected chi connectivity index (χ2v) is 4.56. The van der Waals surface area contributed by atoms with Crippen LogP contribution < -0.4 is 0 Å². The lowest BCUT2D eigenvalue weighted by molar-refractivity contribution is 0.136. The van der Waals surface area contributed by atoms with Gasteiger partial charge in [0.15, 0.2) is 0 Å². The van der Waals surface area contributed by atoms with Crippen molar-refractivity contribution in [3.8, 4) is 0 Å². The summed E-state index contributed by atoms with van der Waals surface area (Å²) in [6.45, 7) is 8.02. The molecule has 0 aromatic heterocycles. The SMILES string of the molecule is C=CCCCCCCC(O)CC(C)C. The van der Waals surface area contributed by atoms with Crippen molar-refractivity contribution >= 4 is 0 Å². The van der Waals surface area contributed by atoms with E-state index in [0.717, 1.165) is 19.3 Å². The Kier molecular flexibility index (Phi) is 9.06. The summed E-state index contributed by atoms with van der Waals surface area (Å²) in [5.74, 6) is 0.616. The molecule has 1 unspecified atom stereocenters. The third kappa shape index (κ3) is 9.79. The van der Waals surface area contributed by atoms with E-state index in [1.807, 2.05) is 6.08 Å². The van der Waals surface area contributed by atoms with E-state index in [4.69, 9.17) is 0 Å². The Morgan fingerprint density at radius 2 is 1.79 bits per heavy atom. The molecule has 1 atom stereocenters. The topological polar surface area (TPSA) is 20.2 Å². The maximum Gasteiger partial charge on any atom is 0.0542 e. The predicted molar refractivity (Wildman–Crippen MR) is 63.4 cm³/mol. The fourth-order valence-electron chi connectivity index (χ4n) is 1.68. The van der Waals surface area contributed by atoms with Crippen LogP contribution in [-0.2, 0) is 0 Å². The third-order valence-corrected chi connectivity index (χ3v) is 2.44. The summed E-state index contributed by atoms with van der Waals surface area (Å²) in [7, 11) is 0. The Morgan fingerprint density at radius 1 is 1.14 bits per heavy atom. The lowest BCUT2D eigenvalue weighted by Crippen LogP contribution is -2.09. The lowest BCUT2D eigenvalue weighted by atomic mass is 10.0. The number of aliphatic hydroxyl groups is 1. The van der Waals surface area contributed by atoms with E-state index in [2.05, 4.69) is 20.4 Å². The minimum atomic E-state index is -0.0746. The van der Waals surface area contributed by atoms with Crippen LogP contribution in [0.4, 0.5) is 0 Å². The molecule has 0 aliphatic heterocycles. The number of rotatable bonds is 9. The molecule has 0 aromatic rings. The van der Waals surface area contributed by atoms with Gasteiger partial charge in [-0.25, -0.2) is 0 Å². The zero-order valence-electron chi connectivity index (χ0n) is 9.84. The van der Waals surface area contributed by atoms with Gasteiger partial charge in [0, 0.05) is 0 Å². The van der Waals surface area contributed by atoms with Gasteiger partial charge in [-0.2, -0.15) is 0 Å². The standard InChI is InChI=1S/C13H26O/c1-4-5-6-7-8-9-10-13(14)11-12(2)3/h4,12-14H,1,5-11H2,2-3H3. The first kappa shape index (κ1) is 13.7. The molecule has 14 heavy (non-hydrogen) atoms. The second-order valence-electron chi connectivity index (χ2n) is 4.56. The van der Waals surface area contributed by atoms with Gasteiger partial charge in [0.1, 0.15) is 0 Å². The average Bonchev–Trinajstić information content (AvgIpc) is 2.10. The molecule has 0 amide bonds. The van der Waals surface area contributed by atoms with Gasteiger partial charge in [0.05, 0.1) is 6.10 Å². The van der Waals surface area contributed by atoms with Gasteiger partial charge in [-0.3, -0.25) is 0 Å². The second kappa shape index (κ2) is 9.26. The van der Waals surface area contributed by atoms with Crippen LogP contribution in [-0.4, -0.2) is 11.2 Å². The molecule has 0 saturated heterocycles. The highest BCUT2D eigenvalue weighted by Crippen LogP contribution is 2.12. The first-order chi connectivity index (χ1) is 6.66. The number of hydrogen-bond acceptors (Lipinski definition) is 1. The van der Waals surface area contributed by atoms with Gasteiger partial charge < -0.3 is 5.11 Å². The maximum atomic E-state index is 9.61. The minimum absolute atomic E-state index is 0.0746. The zero-order chi connectivity index (χ0) is 10.8. The Balaban J connectivity index is 3.14. The van der Waals surface area contributed by atoms with Gasteiger partial charge in [0.25, 0.3) is 0 Å². The van der Waals surface area contributed by atoms with E-state index in [1.165, 1.54) is 25.7 Å². The first-order valence-electron chi connectivity index (χ1n) is 5.95. The largest absolute Gasteiger partial charge is 0.393 e. The van der Waals surface area contributed by atoms with E-state index in [-0.39, 0.29) is 6.10 Å². The summed E-state index contributed by atoms with van der Waals surface area (Å²) in [4.78, 5) is 0. The van der Waals surface area contributed by atoms with Crippen LogP contribution in [0.1, 0.15) is 58.8 Å². The molecule has 0 radical (unpaired) electrons. The molecule has 0 spiro atoms. The molecule has 84 valence electrons. The van der Waals surface area contributed by atoms with Gasteiger partial charge in [-0.1, -0.05) is 39.2 Å². The smallest absolute Gasteiger partial charge is 0.0542 e. The summed E-state index contributed by atoms with van der Waals surface area (Å²) in [6.07, 6.45) is 9.92. The maximum absolute atomic E-state index is 9.61. The van der Waals surface area contributed by atoms with Crippen LogP contribution in [0.15, 0.2) is 12.7 Å². The van der Waals surface area contributed by atoms with Crippen molar-refractivity contribution in [1.82, 2.24) is 0 Å². The van der Waals surface area contributed by atoms with Crippen LogP contribution in [0.2, 0.25) is 0 Å². The molecule has 0 fully saturated rings. The number of unbranched alkanes of at least 4 members (excludes halogenated alkanes) is 4. The van der Waals surface area contributed by atoms with Crippen LogP contribution in [0.5, 0.6) is 0 Å². The van der Waals surface area contributed by atoms with Gasteiger partial charge >= 0.3 is 0 Å². The fourth-order valence-corrected chi connectivity index (χ4v) is 1.68. The quantitative estimate of drug-likeness (QED) is 0.440. The van der Waals surface area contributed by atoms with Crippen molar-refractivity contribution in [2.45, 2.75) is 64.9 Å². The van der Waals surface area contributed by atoms with Crippen LogP contribution in [0.3, 0.4) is 0 Å². The van der Waals surface area contributed by atoms with Crippen LogP contribution >= 0.6 is 0 Å². The fraction of sp³-hybridized carbons (Fsp3) is 0.846. The van der Waals surface area contributed by atoms with E-state index >= 15 is 0 Å². The van der Waals surface area contributed by atoms with E-state index in [1.54, 1.807) is 0 Å². The molecule has 0 bridgehead atoms. The molecule has 0 aromatic carbocycles. The summed E-state index contributed by atoms with van der Waals surface area (Å²) in [6, 6.07) is 0. The van der Waals surface area contributed by atoms with Crippen molar-refractivity contribution in [3.05, 3.63) is 12.7 Å². The third-order valence-electron chi connectivity index (χ3n) is 2.44. The molecule has 0 saturated carbocycles. The molecule has 1 heteroatoms. The zero-order valence-corrected chi connectivity index (χ0v) is 9.84. The summed E-state index contributed by atoms with van der Waals surface area (Å²) in [5, 5.41) is 9.61. The average molecular weight is 198 g/mol. The normalized spacial score (nSPS) is 13.1. The minimum Gasteiger partial charge on any atom is -0.393 e. The summed E-state index contributed by atoms with van der Waals surface area (Å²) < 4.78 is 0. The van der Waals surface area contributed by atoms with Crippen molar-refractivity contribution in [3.63, 3.8) is 0 Å². The highest BCUT2D eigenvalue weighted by molar-refractivity contribution is 4.65. The van der Waals surface area contributed by atoms with Crippen molar-refractivity contribution in [2.24, 2.45) is 5.92 Å². The van der Waals surface area contributed by atoms with E-state index in [0.29, 0.717) is 5.92 Å². The Bertz CT molecular complexity index is 129. The van der Waals surface area contributed by atoms with Crippen molar-refractivity contribution < 1.29 is 5.11 Å². The van der Waals surface area contributed by atoms with Crippen molar-refractivity contribution in [1.29, 1.82) is 0 Å². The first-order valence-corrected chi connectivity index (χ1v) is 5.95. The Labute approximate surface area is 89.2 Å². The summed E-state index contributed by atoms with van der Waals surface area (Å²) in [5.41, 5.74) is 0. The van der Waals surface area contributed by atoms with Crippen LogP contribution in [0, 0.1) is 5.92 Å². The highest BCUT2D eigenvalue weighted by atomic mass is 16.3. The number of allylic oxidation sites excluding steroid dienone is 1. The molecule has 1 N–H and O–H groups in total. The van der Waals surface area contributed by atoms with E-state index in [9.17, 15) is 5.11 Å². The molecule has 0 heterocycles. The Hall–Kier alpha value is -0.300. The van der Waals surface area contributed by atoms with Gasteiger partial charge in [0.2, 0.25) is 0 Å². The molecule has 0 rings (SSSR count). The molecule has 0 aliphatic rings. The van der Waals surface area contributed by atoms with Gasteiger partial charge in [-0.15, -0.1) is 6.58 Å². The highest BCUT2D eigenvalue weighted by Gasteiger charge is 2.05. The predicted octanol–water partition coefficient (Wildman–Crippen LogP) is 3.92. The lowest BCUT2D eigenvalue weighted by Gasteiger charge is -2.12. The van der Waals surface area contributed by atoms with Gasteiger partial charge in [-0.05, 0) is 31.6 Å². The molecular formula is C13H26O. The molecule has 0 aliphatic carbocycles. The van der Waals surface area contributed by atoms with Crippen molar-refractivity contribution in [2.75, 3.05) is 0 Å². The number of aliphatic hydroxyl groups excluding tert-OH is 1. The van der Waals surface area contributed by atoms with E-state index < -0.39 is 0 Å². The molecule has 1 nitrogen and oxygen atoms in total. The molecular weight excluding hydrogens is 172 g/mol. The number of hydrogen-bond donors (Lipinski definition) is 1. The summed E-state index contributed by atoms with van der Waals surface area (Å²) >= 11 is 0. The van der Waals surface area contributed by atoms with Crippen LogP contribution in [0.25, 0.3) is 0 Å².